The van der Waals surface area contributed by atoms with Crippen LogP contribution in [0.1, 0.15) is 37.7 Å². The number of benzene rings is 2. The highest BCUT2D eigenvalue weighted by molar-refractivity contribution is 9.10. The topological polar surface area (TPSA) is 65.7 Å². The SMILES string of the molecule is N#CCOc1ccc(/C=C2\SC(=Nc3ccccc3F)N(C3CCCCC3)C2=O)cc1Br. The van der Waals surface area contributed by atoms with Crippen molar-refractivity contribution >= 4 is 50.5 Å². The first-order chi connectivity index (χ1) is 15.6. The van der Waals surface area contributed by atoms with Gasteiger partial charge in [0.05, 0.1) is 9.38 Å². The second kappa shape index (κ2) is 10.3. The van der Waals surface area contributed by atoms with Crippen molar-refractivity contribution in [2.45, 2.75) is 38.1 Å². The van der Waals surface area contributed by atoms with Gasteiger partial charge in [0.15, 0.2) is 11.8 Å². The van der Waals surface area contributed by atoms with Gasteiger partial charge in [0.1, 0.15) is 23.3 Å². The van der Waals surface area contributed by atoms with E-state index in [4.69, 9.17) is 10.00 Å². The molecule has 2 aromatic rings. The first kappa shape index (κ1) is 22.6. The molecule has 4 rings (SSSR count). The molecule has 1 saturated heterocycles. The number of para-hydroxylation sites is 1. The molecule has 0 bridgehead atoms. The number of amides is 1. The number of carbonyl (C=O) groups excluding carboxylic acids is 1. The van der Waals surface area contributed by atoms with Crippen LogP contribution in [0.5, 0.6) is 5.75 Å². The van der Waals surface area contributed by atoms with Crippen LogP contribution in [0.25, 0.3) is 6.08 Å². The molecule has 1 saturated carbocycles. The quantitative estimate of drug-likeness (QED) is 0.432. The van der Waals surface area contributed by atoms with Crippen LogP contribution in [-0.2, 0) is 4.79 Å². The monoisotopic (exact) mass is 513 g/mol. The Kier molecular flexibility index (Phi) is 7.28. The third-order valence-corrected chi connectivity index (χ3v) is 6.99. The van der Waals surface area contributed by atoms with Gasteiger partial charge in [0.2, 0.25) is 0 Å². The van der Waals surface area contributed by atoms with Gasteiger partial charge in [-0.05, 0) is 76.4 Å². The molecule has 5 nitrogen and oxygen atoms in total. The van der Waals surface area contributed by atoms with E-state index in [1.807, 2.05) is 24.3 Å². The van der Waals surface area contributed by atoms with Crippen molar-refractivity contribution in [3.05, 3.63) is 63.2 Å². The predicted molar refractivity (Wildman–Crippen MR) is 128 cm³/mol. The van der Waals surface area contributed by atoms with Crippen LogP contribution in [0.2, 0.25) is 0 Å². The van der Waals surface area contributed by atoms with Gasteiger partial charge in [-0.25, -0.2) is 9.38 Å². The minimum atomic E-state index is -0.411. The van der Waals surface area contributed by atoms with E-state index in [0.29, 0.717) is 20.3 Å². The molecule has 1 heterocycles. The number of hydrogen-bond acceptors (Lipinski definition) is 5. The van der Waals surface area contributed by atoms with Crippen molar-refractivity contribution in [3.63, 3.8) is 0 Å². The lowest BCUT2D eigenvalue weighted by Crippen LogP contribution is -2.40. The summed E-state index contributed by atoms with van der Waals surface area (Å²) in [4.78, 5) is 20.2. The fourth-order valence-corrected chi connectivity index (χ4v) is 5.42. The number of nitrogens with zero attached hydrogens (tertiary/aromatic N) is 3. The van der Waals surface area contributed by atoms with Gasteiger partial charge in [-0.2, -0.15) is 5.26 Å². The molecule has 1 aliphatic carbocycles. The number of amidine groups is 1. The van der Waals surface area contributed by atoms with E-state index < -0.39 is 5.82 Å². The number of halogens is 2. The summed E-state index contributed by atoms with van der Waals surface area (Å²) in [6, 6.07) is 13.8. The molecule has 8 heteroatoms. The summed E-state index contributed by atoms with van der Waals surface area (Å²) in [6.07, 6.45) is 6.97. The third-order valence-electron chi connectivity index (χ3n) is 5.39. The largest absolute Gasteiger partial charge is 0.478 e. The van der Waals surface area contributed by atoms with Gasteiger partial charge >= 0.3 is 0 Å². The molecule has 2 aliphatic rings. The molecule has 0 unspecified atom stereocenters. The average molecular weight is 514 g/mol. The minimum Gasteiger partial charge on any atom is -0.478 e. The molecule has 0 radical (unpaired) electrons. The molecule has 164 valence electrons. The lowest BCUT2D eigenvalue weighted by molar-refractivity contribution is -0.124. The summed E-state index contributed by atoms with van der Waals surface area (Å²) >= 11 is 4.72. The first-order valence-electron chi connectivity index (χ1n) is 10.4. The fourth-order valence-electron chi connectivity index (χ4n) is 3.86. The Morgan fingerprint density at radius 2 is 2.03 bits per heavy atom. The van der Waals surface area contributed by atoms with Gasteiger partial charge in [0.25, 0.3) is 5.91 Å². The number of ether oxygens (including phenoxy) is 1. The van der Waals surface area contributed by atoms with Crippen molar-refractivity contribution in [2.75, 3.05) is 6.61 Å². The number of nitriles is 1. The Hall–Kier alpha value is -2.63. The molecule has 0 atom stereocenters. The zero-order valence-corrected chi connectivity index (χ0v) is 19.7. The van der Waals surface area contributed by atoms with E-state index in [0.717, 1.165) is 31.2 Å². The highest BCUT2D eigenvalue weighted by Crippen LogP contribution is 2.39. The summed E-state index contributed by atoms with van der Waals surface area (Å²) in [5.41, 5.74) is 1.04. The Balaban J connectivity index is 1.66. The van der Waals surface area contributed by atoms with E-state index in [1.54, 1.807) is 29.2 Å². The van der Waals surface area contributed by atoms with Crippen molar-refractivity contribution in [1.82, 2.24) is 4.90 Å². The Morgan fingerprint density at radius 3 is 2.75 bits per heavy atom. The van der Waals surface area contributed by atoms with E-state index in [1.165, 1.54) is 24.2 Å². The molecule has 2 fully saturated rings. The maximum atomic E-state index is 14.3. The van der Waals surface area contributed by atoms with Crippen LogP contribution in [-0.4, -0.2) is 28.6 Å². The zero-order valence-electron chi connectivity index (χ0n) is 17.3. The zero-order chi connectivity index (χ0) is 22.5. The summed E-state index contributed by atoms with van der Waals surface area (Å²) in [6.45, 7) is -0.0421. The van der Waals surface area contributed by atoms with Gasteiger partial charge in [-0.3, -0.25) is 9.69 Å². The smallest absolute Gasteiger partial charge is 0.267 e. The second-order valence-corrected chi connectivity index (χ2v) is 9.42. The van der Waals surface area contributed by atoms with Crippen molar-refractivity contribution < 1.29 is 13.9 Å². The number of rotatable bonds is 5. The Bertz CT molecular complexity index is 1120. The second-order valence-electron chi connectivity index (χ2n) is 7.56. The summed E-state index contributed by atoms with van der Waals surface area (Å²) in [5, 5.41) is 9.21. The third kappa shape index (κ3) is 5.05. The van der Waals surface area contributed by atoms with Crippen LogP contribution in [0.3, 0.4) is 0 Å². The molecule has 2 aromatic carbocycles. The van der Waals surface area contributed by atoms with E-state index in [2.05, 4.69) is 20.9 Å². The molecule has 0 spiro atoms. The number of hydrogen-bond donors (Lipinski definition) is 0. The molecule has 32 heavy (non-hydrogen) atoms. The van der Waals surface area contributed by atoms with Gasteiger partial charge in [-0.1, -0.05) is 37.5 Å². The molecule has 1 aliphatic heterocycles. The normalized spacial score (nSPS) is 19.5. The number of aliphatic imine (C=N–C) groups is 1. The molecule has 1 amide bonds. The van der Waals surface area contributed by atoms with Crippen molar-refractivity contribution in [2.24, 2.45) is 4.99 Å². The summed E-state index contributed by atoms with van der Waals surface area (Å²) in [7, 11) is 0. The van der Waals surface area contributed by atoms with Crippen LogP contribution in [0.4, 0.5) is 10.1 Å². The standard InChI is InChI=1S/C24H21BrFN3O2S/c25-18-14-16(10-11-21(18)31-13-12-27)15-22-23(30)29(17-6-2-1-3-7-17)24(32-22)28-20-9-5-4-8-19(20)26/h4-5,8-11,14-15,17H,1-3,6-7,13H2/b22-15-,28-24?. The first-order valence-corrected chi connectivity index (χ1v) is 12.0. The van der Waals surface area contributed by atoms with Gasteiger partial charge in [0, 0.05) is 6.04 Å². The van der Waals surface area contributed by atoms with Crippen LogP contribution in [0, 0.1) is 17.1 Å². The molecular weight excluding hydrogens is 493 g/mol. The maximum Gasteiger partial charge on any atom is 0.267 e. The highest BCUT2D eigenvalue weighted by atomic mass is 79.9. The average Bonchev–Trinajstić information content (AvgIpc) is 3.10. The van der Waals surface area contributed by atoms with E-state index in [-0.39, 0.29) is 24.2 Å². The summed E-state index contributed by atoms with van der Waals surface area (Å²) < 4.78 is 20.3. The van der Waals surface area contributed by atoms with Crippen LogP contribution in [0.15, 0.2) is 56.8 Å². The van der Waals surface area contributed by atoms with Crippen molar-refractivity contribution in [1.29, 1.82) is 5.26 Å². The molecule has 0 N–H and O–H groups in total. The number of carbonyl (C=O) groups is 1. The maximum absolute atomic E-state index is 14.3. The summed E-state index contributed by atoms with van der Waals surface area (Å²) in [5.74, 6) is 0.0496. The lowest BCUT2D eigenvalue weighted by Gasteiger charge is -2.30. The molecular formula is C24H21BrFN3O2S. The minimum absolute atomic E-state index is 0.0421. The van der Waals surface area contributed by atoms with Gasteiger partial charge in [-0.15, -0.1) is 0 Å². The van der Waals surface area contributed by atoms with Crippen LogP contribution >= 0.6 is 27.7 Å². The molecule has 0 aromatic heterocycles. The van der Waals surface area contributed by atoms with Crippen molar-refractivity contribution in [3.8, 4) is 11.8 Å². The number of thioether (sulfide) groups is 1. The van der Waals surface area contributed by atoms with E-state index >= 15 is 0 Å². The Labute approximate surface area is 199 Å². The predicted octanol–water partition coefficient (Wildman–Crippen LogP) is 6.43. The lowest BCUT2D eigenvalue weighted by atomic mass is 9.94. The van der Waals surface area contributed by atoms with Gasteiger partial charge < -0.3 is 4.74 Å². The highest BCUT2D eigenvalue weighted by Gasteiger charge is 2.38. The van der Waals surface area contributed by atoms with E-state index in [9.17, 15) is 9.18 Å². The fraction of sp³-hybridized carbons (Fsp3) is 0.292. The van der Waals surface area contributed by atoms with Crippen LogP contribution < -0.4 is 4.74 Å². The Morgan fingerprint density at radius 1 is 1.25 bits per heavy atom.